The van der Waals surface area contributed by atoms with Crippen LogP contribution in [0.25, 0.3) is 0 Å². The van der Waals surface area contributed by atoms with Crippen molar-refractivity contribution in [3.05, 3.63) is 58.5 Å². The number of nitrogens with two attached hydrogens (primary N) is 1. The van der Waals surface area contributed by atoms with E-state index >= 15 is 0 Å². The number of hydrogen-bond acceptors (Lipinski definition) is 6. The number of aryl methyl sites for hydroxylation is 1. The molecule has 1 aliphatic carbocycles. The van der Waals surface area contributed by atoms with Crippen molar-refractivity contribution in [2.24, 2.45) is 18.7 Å². The van der Waals surface area contributed by atoms with Crippen LogP contribution in [0.2, 0.25) is 0 Å². The first-order valence-corrected chi connectivity index (χ1v) is 9.69. The molecule has 1 saturated carbocycles. The van der Waals surface area contributed by atoms with E-state index in [0.29, 0.717) is 5.69 Å². The number of nitrogens with one attached hydrogen (secondary N) is 2. The van der Waals surface area contributed by atoms with Crippen molar-refractivity contribution in [1.82, 2.24) is 19.7 Å². The predicted molar refractivity (Wildman–Crippen MR) is 111 cm³/mol. The molecule has 4 rings (SSSR count). The first-order valence-electron chi connectivity index (χ1n) is 8.90. The molecule has 148 valence electrons. The molecule has 4 N–H and O–H groups in total. The highest BCUT2D eigenvalue weighted by atomic mass is 79.9. The number of para-hydroxylation sites is 1. The van der Waals surface area contributed by atoms with Crippen LogP contribution in [-0.2, 0) is 11.8 Å². The number of rotatable bonds is 6. The Bertz CT molecular complexity index is 1100. The van der Waals surface area contributed by atoms with Crippen molar-refractivity contribution in [2.75, 3.05) is 10.6 Å². The normalized spacial score (nSPS) is 17.6. The smallest absolute Gasteiger partial charge is 0.254 e. The van der Waals surface area contributed by atoms with Gasteiger partial charge in [0.05, 0.1) is 11.9 Å². The Morgan fingerprint density at radius 3 is 2.76 bits per heavy atom. The predicted octanol–water partition coefficient (Wildman–Crippen LogP) is 2.56. The first-order chi connectivity index (χ1) is 13.9. The quantitative estimate of drug-likeness (QED) is 0.523. The van der Waals surface area contributed by atoms with Gasteiger partial charge in [-0.1, -0.05) is 12.1 Å². The van der Waals surface area contributed by atoms with E-state index in [-0.39, 0.29) is 35.1 Å². The minimum absolute atomic E-state index is 0.103. The third kappa shape index (κ3) is 4.11. The molecule has 0 saturated heterocycles. The Kier molecular flexibility index (Phi) is 5.01. The number of aromatic nitrogens is 4. The molecule has 0 spiro atoms. The van der Waals surface area contributed by atoms with E-state index in [1.54, 1.807) is 10.9 Å². The average molecular weight is 456 g/mol. The summed E-state index contributed by atoms with van der Waals surface area (Å²) in [5.74, 6) is -0.528. The highest BCUT2D eigenvalue weighted by Crippen LogP contribution is 2.47. The van der Waals surface area contributed by atoms with Gasteiger partial charge in [-0.3, -0.25) is 19.6 Å². The number of anilines is 3. The fraction of sp³-hybridized carbons (Fsp3) is 0.211. The Morgan fingerprint density at radius 2 is 2.07 bits per heavy atom. The van der Waals surface area contributed by atoms with Crippen LogP contribution in [-0.4, -0.2) is 31.6 Å². The fourth-order valence-corrected chi connectivity index (χ4v) is 3.48. The van der Waals surface area contributed by atoms with Crippen molar-refractivity contribution in [3.8, 4) is 0 Å². The van der Waals surface area contributed by atoms with E-state index in [9.17, 15) is 9.59 Å². The van der Waals surface area contributed by atoms with Crippen molar-refractivity contribution < 1.29 is 9.59 Å². The number of nitrogens with zero attached hydrogens (tertiary/aromatic N) is 4. The topological polar surface area (TPSA) is 128 Å². The van der Waals surface area contributed by atoms with Gasteiger partial charge >= 0.3 is 0 Å². The molecule has 3 aromatic rings. The van der Waals surface area contributed by atoms with E-state index in [2.05, 4.69) is 41.6 Å². The summed E-state index contributed by atoms with van der Waals surface area (Å²) < 4.78 is 2.51. The molecule has 2 heterocycles. The molecule has 0 radical (unpaired) electrons. The number of hydrogen-bond donors (Lipinski definition) is 3. The molecular weight excluding hydrogens is 438 g/mol. The van der Waals surface area contributed by atoms with Gasteiger partial charge < -0.3 is 11.1 Å². The second kappa shape index (κ2) is 7.63. The lowest BCUT2D eigenvalue weighted by molar-refractivity contribution is -0.117. The summed E-state index contributed by atoms with van der Waals surface area (Å²) in [6.45, 7) is 0. The van der Waals surface area contributed by atoms with Crippen LogP contribution in [0.3, 0.4) is 0 Å². The minimum Gasteiger partial charge on any atom is -0.365 e. The second-order valence-electron chi connectivity index (χ2n) is 6.81. The van der Waals surface area contributed by atoms with Crippen LogP contribution < -0.4 is 16.4 Å². The van der Waals surface area contributed by atoms with Gasteiger partial charge in [0.25, 0.3) is 5.91 Å². The third-order valence-electron chi connectivity index (χ3n) is 4.70. The highest BCUT2D eigenvalue weighted by molar-refractivity contribution is 9.10. The zero-order valence-corrected chi connectivity index (χ0v) is 17.0. The summed E-state index contributed by atoms with van der Waals surface area (Å²) in [4.78, 5) is 32.7. The molecule has 1 aliphatic rings. The first kappa shape index (κ1) is 19.1. The van der Waals surface area contributed by atoms with Crippen molar-refractivity contribution in [2.45, 2.75) is 12.3 Å². The van der Waals surface area contributed by atoms with Gasteiger partial charge in [-0.05, 0) is 46.0 Å². The van der Waals surface area contributed by atoms with Crippen LogP contribution in [0.4, 0.5) is 17.5 Å². The molecule has 2 aromatic heterocycles. The Hall–Kier alpha value is -3.27. The van der Waals surface area contributed by atoms with Crippen LogP contribution >= 0.6 is 15.9 Å². The number of amides is 2. The molecule has 2 atom stereocenters. The SMILES string of the molecule is Cn1cc(C2CC2C(=O)Nc2ncc(C(N)=O)c(Nc3ccccc3Br)n2)cn1. The number of carbonyl (C=O) groups is 2. The second-order valence-corrected chi connectivity index (χ2v) is 7.66. The van der Waals surface area contributed by atoms with E-state index < -0.39 is 5.91 Å². The average Bonchev–Trinajstić information content (AvgIpc) is 3.37. The van der Waals surface area contributed by atoms with Gasteiger partial charge in [-0.25, -0.2) is 4.98 Å². The molecule has 0 bridgehead atoms. The summed E-state index contributed by atoms with van der Waals surface area (Å²) in [7, 11) is 1.84. The summed E-state index contributed by atoms with van der Waals surface area (Å²) >= 11 is 3.43. The van der Waals surface area contributed by atoms with Crippen LogP contribution in [0, 0.1) is 5.92 Å². The lowest BCUT2D eigenvalue weighted by atomic mass is 10.2. The highest BCUT2D eigenvalue weighted by Gasteiger charge is 2.44. The van der Waals surface area contributed by atoms with E-state index in [4.69, 9.17) is 5.73 Å². The van der Waals surface area contributed by atoms with Crippen LogP contribution in [0.5, 0.6) is 0 Å². The molecule has 2 amide bonds. The largest absolute Gasteiger partial charge is 0.365 e. The molecular formula is C19H18BrN7O2. The van der Waals surface area contributed by atoms with E-state index in [1.807, 2.05) is 37.5 Å². The molecule has 1 aromatic carbocycles. The molecule has 2 unspecified atom stereocenters. The number of halogens is 1. The fourth-order valence-electron chi connectivity index (χ4n) is 3.10. The zero-order valence-electron chi connectivity index (χ0n) is 15.5. The molecule has 9 nitrogen and oxygen atoms in total. The Morgan fingerprint density at radius 1 is 1.28 bits per heavy atom. The Balaban J connectivity index is 1.52. The number of primary amides is 1. The van der Waals surface area contributed by atoms with Gasteiger partial charge in [0.2, 0.25) is 11.9 Å². The summed E-state index contributed by atoms with van der Waals surface area (Å²) in [5.41, 5.74) is 7.29. The van der Waals surface area contributed by atoms with Crippen LogP contribution in [0.1, 0.15) is 28.3 Å². The van der Waals surface area contributed by atoms with Gasteiger partial charge in [-0.15, -0.1) is 0 Å². The maximum absolute atomic E-state index is 12.6. The molecule has 1 fully saturated rings. The molecule has 10 heteroatoms. The standard InChI is InChI=1S/C19H18BrN7O2/c1-27-9-10(7-23-27)11-6-12(11)18(29)26-19-22-8-13(16(21)28)17(25-19)24-15-5-3-2-4-14(15)20/h2-5,7-9,11-12H,6H2,1H3,(H2,21,28)(H2,22,24,25,26,29). The summed E-state index contributed by atoms with van der Waals surface area (Å²) in [6, 6.07) is 7.37. The summed E-state index contributed by atoms with van der Waals surface area (Å²) in [6.07, 6.45) is 5.74. The molecule has 29 heavy (non-hydrogen) atoms. The maximum Gasteiger partial charge on any atom is 0.254 e. The van der Waals surface area contributed by atoms with E-state index in [0.717, 1.165) is 16.5 Å². The van der Waals surface area contributed by atoms with E-state index in [1.165, 1.54) is 6.20 Å². The van der Waals surface area contributed by atoms with Crippen molar-refractivity contribution in [3.63, 3.8) is 0 Å². The van der Waals surface area contributed by atoms with Gasteiger partial charge in [-0.2, -0.15) is 10.1 Å². The minimum atomic E-state index is -0.670. The monoisotopic (exact) mass is 455 g/mol. The number of carbonyl (C=O) groups excluding carboxylic acids is 2. The lowest BCUT2D eigenvalue weighted by Crippen LogP contribution is -2.19. The zero-order chi connectivity index (χ0) is 20.5. The molecule has 0 aliphatic heterocycles. The van der Waals surface area contributed by atoms with Gasteiger partial charge in [0, 0.05) is 29.8 Å². The maximum atomic E-state index is 12.6. The van der Waals surface area contributed by atoms with Crippen molar-refractivity contribution >= 4 is 45.2 Å². The van der Waals surface area contributed by atoms with Crippen molar-refractivity contribution in [1.29, 1.82) is 0 Å². The Labute approximate surface area is 174 Å². The van der Waals surface area contributed by atoms with Gasteiger partial charge in [0.15, 0.2) is 0 Å². The summed E-state index contributed by atoms with van der Waals surface area (Å²) in [5, 5.41) is 9.93. The third-order valence-corrected chi connectivity index (χ3v) is 5.39. The lowest BCUT2D eigenvalue weighted by Gasteiger charge is -2.12. The number of benzene rings is 1. The van der Waals surface area contributed by atoms with Crippen LogP contribution in [0.15, 0.2) is 47.3 Å². The van der Waals surface area contributed by atoms with Gasteiger partial charge in [0.1, 0.15) is 11.4 Å².